The first kappa shape index (κ1) is 11.0. The van der Waals surface area contributed by atoms with Gasteiger partial charge in [0.2, 0.25) is 0 Å². The largest absolute Gasteiger partial charge is 0.307 e. The van der Waals surface area contributed by atoms with Crippen LogP contribution in [0.15, 0.2) is 0 Å². The number of hydrogen-bond acceptors (Lipinski definition) is 2. The summed E-state index contributed by atoms with van der Waals surface area (Å²) in [5.74, 6) is 0.260. The molecule has 2 nitrogen and oxygen atoms in total. The van der Waals surface area contributed by atoms with Crippen LogP contribution in [0.2, 0.25) is 0 Å². The second-order valence-electron chi connectivity index (χ2n) is 5.54. The molecule has 0 aromatic carbocycles. The maximum absolute atomic E-state index is 9.13. The summed E-state index contributed by atoms with van der Waals surface area (Å²) < 4.78 is 0. The SMILES string of the molecule is CC1(NC2CCCCC2C#N)CCCC1. The highest BCUT2D eigenvalue weighted by Crippen LogP contribution is 2.32. The molecule has 0 aromatic heterocycles. The van der Waals surface area contributed by atoms with E-state index >= 15 is 0 Å². The predicted molar refractivity (Wildman–Crippen MR) is 61.4 cm³/mol. The van der Waals surface area contributed by atoms with Gasteiger partial charge in [0.25, 0.3) is 0 Å². The molecule has 0 bridgehead atoms. The van der Waals surface area contributed by atoms with E-state index in [4.69, 9.17) is 5.26 Å². The first-order chi connectivity index (χ1) is 7.23. The van der Waals surface area contributed by atoms with E-state index in [9.17, 15) is 0 Å². The van der Waals surface area contributed by atoms with Gasteiger partial charge in [-0.15, -0.1) is 0 Å². The molecule has 2 aliphatic rings. The molecule has 2 atom stereocenters. The topological polar surface area (TPSA) is 35.8 Å². The molecule has 0 saturated heterocycles. The van der Waals surface area contributed by atoms with Crippen molar-refractivity contribution in [2.45, 2.75) is 69.9 Å². The van der Waals surface area contributed by atoms with Gasteiger partial charge in [-0.1, -0.05) is 25.7 Å². The molecule has 84 valence electrons. The van der Waals surface area contributed by atoms with Gasteiger partial charge in [-0.2, -0.15) is 5.26 Å². The number of nitrogens with one attached hydrogen (secondary N) is 1. The quantitative estimate of drug-likeness (QED) is 0.754. The third kappa shape index (κ3) is 2.52. The second kappa shape index (κ2) is 4.53. The Bertz CT molecular complexity index is 248. The van der Waals surface area contributed by atoms with Crippen molar-refractivity contribution in [3.05, 3.63) is 0 Å². The first-order valence-corrected chi connectivity index (χ1v) is 6.41. The maximum Gasteiger partial charge on any atom is 0.0672 e. The number of nitriles is 1. The van der Waals surface area contributed by atoms with E-state index in [-0.39, 0.29) is 5.92 Å². The van der Waals surface area contributed by atoms with Gasteiger partial charge < -0.3 is 5.32 Å². The van der Waals surface area contributed by atoms with Crippen LogP contribution in [-0.4, -0.2) is 11.6 Å². The summed E-state index contributed by atoms with van der Waals surface area (Å²) in [7, 11) is 0. The van der Waals surface area contributed by atoms with Crippen molar-refractivity contribution in [2.75, 3.05) is 0 Å². The fraction of sp³-hybridized carbons (Fsp3) is 0.923. The van der Waals surface area contributed by atoms with E-state index in [1.54, 1.807) is 0 Å². The van der Waals surface area contributed by atoms with E-state index in [2.05, 4.69) is 18.3 Å². The minimum absolute atomic E-state index is 0.260. The van der Waals surface area contributed by atoms with Gasteiger partial charge in [0, 0.05) is 11.6 Å². The lowest BCUT2D eigenvalue weighted by Gasteiger charge is -2.36. The lowest BCUT2D eigenvalue weighted by molar-refractivity contribution is 0.233. The molecule has 0 heterocycles. The first-order valence-electron chi connectivity index (χ1n) is 6.41. The van der Waals surface area contributed by atoms with Crippen LogP contribution in [0.1, 0.15) is 58.3 Å². The Morgan fingerprint density at radius 2 is 1.80 bits per heavy atom. The second-order valence-corrected chi connectivity index (χ2v) is 5.54. The van der Waals surface area contributed by atoms with Crippen LogP contribution in [0, 0.1) is 17.2 Å². The molecule has 2 rings (SSSR count). The molecular formula is C13H22N2. The summed E-state index contributed by atoms with van der Waals surface area (Å²) in [5, 5.41) is 12.9. The summed E-state index contributed by atoms with van der Waals surface area (Å²) in [6, 6.07) is 2.95. The van der Waals surface area contributed by atoms with E-state index < -0.39 is 0 Å². The summed E-state index contributed by atoms with van der Waals surface area (Å²) in [4.78, 5) is 0. The average Bonchev–Trinajstić information content (AvgIpc) is 2.66. The highest BCUT2D eigenvalue weighted by Gasteiger charge is 2.34. The van der Waals surface area contributed by atoms with E-state index in [1.807, 2.05) is 0 Å². The maximum atomic E-state index is 9.13. The van der Waals surface area contributed by atoms with Crippen LogP contribution in [0.25, 0.3) is 0 Å². The summed E-state index contributed by atoms with van der Waals surface area (Å²) in [6.07, 6.45) is 10.1. The Morgan fingerprint density at radius 3 is 2.47 bits per heavy atom. The predicted octanol–water partition coefficient (Wildman–Crippen LogP) is 2.99. The van der Waals surface area contributed by atoms with E-state index in [1.165, 1.54) is 44.9 Å². The van der Waals surface area contributed by atoms with Crippen LogP contribution < -0.4 is 5.32 Å². The lowest BCUT2D eigenvalue weighted by Crippen LogP contribution is -2.50. The van der Waals surface area contributed by atoms with Gasteiger partial charge in [0.1, 0.15) is 0 Å². The van der Waals surface area contributed by atoms with Crippen molar-refractivity contribution in [2.24, 2.45) is 5.92 Å². The number of hydrogen-bond donors (Lipinski definition) is 1. The van der Waals surface area contributed by atoms with E-state index in [0.29, 0.717) is 11.6 Å². The third-order valence-electron chi connectivity index (χ3n) is 4.17. The number of nitrogens with zero attached hydrogens (tertiary/aromatic N) is 1. The van der Waals surface area contributed by atoms with Gasteiger partial charge >= 0.3 is 0 Å². The molecule has 2 fully saturated rings. The Hall–Kier alpha value is -0.550. The molecule has 0 radical (unpaired) electrons. The zero-order valence-corrected chi connectivity index (χ0v) is 9.76. The fourth-order valence-corrected chi connectivity index (χ4v) is 3.21. The van der Waals surface area contributed by atoms with Gasteiger partial charge in [-0.05, 0) is 32.6 Å². The normalized spacial score (nSPS) is 34.9. The van der Waals surface area contributed by atoms with Gasteiger partial charge in [-0.25, -0.2) is 0 Å². The highest BCUT2D eigenvalue weighted by atomic mass is 15.0. The molecule has 0 spiro atoms. The Labute approximate surface area is 93.0 Å². The lowest BCUT2D eigenvalue weighted by atomic mass is 9.83. The Kier molecular flexibility index (Phi) is 3.31. The average molecular weight is 206 g/mol. The summed E-state index contributed by atoms with van der Waals surface area (Å²) >= 11 is 0. The molecular weight excluding hydrogens is 184 g/mol. The van der Waals surface area contributed by atoms with Crippen molar-refractivity contribution < 1.29 is 0 Å². The Morgan fingerprint density at radius 1 is 1.13 bits per heavy atom. The Balaban J connectivity index is 1.94. The van der Waals surface area contributed by atoms with Crippen molar-refractivity contribution in [1.29, 1.82) is 5.26 Å². The monoisotopic (exact) mass is 206 g/mol. The van der Waals surface area contributed by atoms with Gasteiger partial charge in [0.15, 0.2) is 0 Å². The van der Waals surface area contributed by atoms with Crippen molar-refractivity contribution >= 4 is 0 Å². The van der Waals surface area contributed by atoms with Gasteiger partial charge in [-0.3, -0.25) is 0 Å². The molecule has 2 heteroatoms. The standard InChI is InChI=1S/C13H22N2/c1-13(8-4-5-9-13)15-12-7-3-2-6-11(12)10-14/h11-12,15H,2-9H2,1H3. The van der Waals surface area contributed by atoms with Crippen molar-refractivity contribution in [3.8, 4) is 6.07 Å². The molecule has 0 aliphatic heterocycles. The van der Waals surface area contributed by atoms with Crippen LogP contribution >= 0.6 is 0 Å². The summed E-state index contributed by atoms with van der Waals surface area (Å²) in [5.41, 5.74) is 0.330. The number of rotatable bonds is 2. The minimum Gasteiger partial charge on any atom is -0.307 e. The molecule has 1 N–H and O–H groups in total. The fourth-order valence-electron chi connectivity index (χ4n) is 3.21. The summed E-state index contributed by atoms with van der Waals surface area (Å²) in [6.45, 7) is 2.34. The van der Waals surface area contributed by atoms with Crippen molar-refractivity contribution in [3.63, 3.8) is 0 Å². The molecule has 2 unspecified atom stereocenters. The van der Waals surface area contributed by atoms with Crippen LogP contribution in [-0.2, 0) is 0 Å². The minimum atomic E-state index is 0.260. The molecule has 15 heavy (non-hydrogen) atoms. The zero-order valence-electron chi connectivity index (χ0n) is 9.76. The van der Waals surface area contributed by atoms with Crippen LogP contribution in [0.4, 0.5) is 0 Å². The highest BCUT2D eigenvalue weighted by molar-refractivity contribution is 4.99. The van der Waals surface area contributed by atoms with Gasteiger partial charge in [0.05, 0.1) is 12.0 Å². The van der Waals surface area contributed by atoms with Crippen molar-refractivity contribution in [1.82, 2.24) is 5.32 Å². The van der Waals surface area contributed by atoms with Crippen LogP contribution in [0.5, 0.6) is 0 Å². The smallest absolute Gasteiger partial charge is 0.0672 e. The molecule has 2 saturated carbocycles. The molecule has 2 aliphatic carbocycles. The third-order valence-corrected chi connectivity index (χ3v) is 4.17. The zero-order chi connectivity index (χ0) is 10.7. The molecule has 0 amide bonds. The van der Waals surface area contributed by atoms with E-state index in [0.717, 1.165) is 6.42 Å². The van der Waals surface area contributed by atoms with Crippen LogP contribution in [0.3, 0.4) is 0 Å². The molecule has 0 aromatic rings.